The maximum Gasteiger partial charge on any atom is 0.255 e. The van der Waals surface area contributed by atoms with Gasteiger partial charge < -0.3 is 14.7 Å². The van der Waals surface area contributed by atoms with Gasteiger partial charge in [-0.25, -0.2) is 22.8 Å². The zero-order chi connectivity index (χ0) is 43.1. The number of carbonyl (C=O) groups is 1. The number of hydrogen-bond donors (Lipinski definition) is 2. The first-order valence-electron chi connectivity index (χ1n) is 20.2. The van der Waals surface area contributed by atoms with Crippen molar-refractivity contribution in [1.82, 2.24) is 29.6 Å². The summed E-state index contributed by atoms with van der Waals surface area (Å²) in [5, 5.41) is 8.49. The number of nitrogens with one attached hydrogen (secondary N) is 1. The summed E-state index contributed by atoms with van der Waals surface area (Å²) < 4.78 is 42.3. The Balaban J connectivity index is 1.46. The van der Waals surface area contributed by atoms with Crippen LogP contribution in [0.3, 0.4) is 0 Å². The molecule has 3 aromatic heterocycles. The number of halogens is 1. The van der Waals surface area contributed by atoms with Crippen molar-refractivity contribution in [3.8, 4) is 11.4 Å². The molecular weight excluding hydrogens is 792 g/mol. The quantitative estimate of drug-likeness (QED) is 0.0778. The van der Waals surface area contributed by atoms with Crippen LogP contribution in [0.1, 0.15) is 74.0 Å². The maximum atomic E-state index is 14.9. The summed E-state index contributed by atoms with van der Waals surface area (Å²) in [7, 11) is -5.73. The zero-order valence-corrected chi connectivity index (χ0v) is 37.1. The number of aromatic nitrogens is 5. The molecule has 0 fully saturated rings. The van der Waals surface area contributed by atoms with Gasteiger partial charge in [-0.2, -0.15) is 5.10 Å². The van der Waals surface area contributed by atoms with Gasteiger partial charge in [0.25, 0.3) is 5.91 Å². The number of nitrogens with zero attached hydrogens (tertiary/aromatic N) is 5. The Morgan fingerprint density at radius 3 is 1.95 bits per heavy atom. The minimum Gasteiger partial charge on any atom is -0.432 e. The summed E-state index contributed by atoms with van der Waals surface area (Å²) in [6, 6.07) is 34.7. The number of benzene rings is 4. The molecule has 0 aliphatic heterocycles. The molecule has 4 aromatic carbocycles. The third kappa shape index (κ3) is 8.43. The highest BCUT2D eigenvalue weighted by Gasteiger charge is 2.42. The monoisotopic (exact) mass is 844 g/mol. The molecule has 0 saturated carbocycles. The molecule has 0 radical (unpaired) electrons. The number of carbonyl (C=O) groups excluding carboxylic acids is 1. The number of sulfone groups is 1. The van der Waals surface area contributed by atoms with Gasteiger partial charge in [0, 0.05) is 29.9 Å². The third-order valence-electron chi connectivity index (χ3n) is 12.0. The second kappa shape index (κ2) is 16.2. The second-order valence-electron chi connectivity index (χ2n) is 17.6. The number of hydrogen-bond acceptors (Lipinski definition) is 7. The van der Waals surface area contributed by atoms with Gasteiger partial charge in [-0.1, -0.05) is 105 Å². The van der Waals surface area contributed by atoms with Crippen LogP contribution < -0.4 is 5.32 Å². The highest BCUT2D eigenvalue weighted by molar-refractivity contribution is 7.90. The number of aryl methyl sites for hydroxylation is 1. The van der Waals surface area contributed by atoms with E-state index in [0.717, 1.165) is 16.7 Å². The molecule has 3 heterocycles. The van der Waals surface area contributed by atoms with Gasteiger partial charge in [-0.3, -0.25) is 9.48 Å². The molecule has 7 rings (SSSR count). The summed E-state index contributed by atoms with van der Waals surface area (Å²) in [6.45, 7) is 12.3. The molecule has 0 spiro atoms. The van der Waals surface area contributed by atoms with Gasteiger partial charge in [-0.05, 0) is 86.1 Å². The molecule has 10 nitrogen and oxygen atoms in total. The highest BCUT2D eigenvalue weighted by atomic mass is 32.2. The predicted molar refractivity (Wildman–Crippen MR) is 240 cm³/mol. The van der Waals surface area contributed by atoms with Gasteiger partial charge in [0.15, 0.2) is 14.0 Å². The summed E-state index contributed by atoms with van der Waals surface area (Å²) in [4.78, 5) is 36.3. The van der Waals surface area contributed by atoms with E-state index >= 15 is 0 Å². The van der Waals surface area contributed by atoms with E-state index in [0.29, 0.717) is 51.9 Å². The smallest absolute Gasteiger partial charge is 0.255 e. The Morgan fingerprint density at radius 1 is 0.850 bits per heavy atom. The number of fused-ring (bicyclic) bond motifs is 2. The summed E-state index contributed by atoms with van der Waals surface area (Å²) in [6.07, 6.45) is 6.28. The highest BCUT2D eigenvalue weighted by Crippen LogP contribution is 2.44. The summed E-state index contributed by atoms with van der Waals surface area (Å²) in [5.74, 6) is -0.836. The average molecular weight is 845 g/mol. The Labute approximate surface area is 352 Å². The summed E-state index contributed by atoms with van der Waals surface area (Å²) >= 11 is 0. The van der Waals surface area contributed by atoms with E-state index in [1.54, 1.807) is 16.9 Å². The Kier molecular flexibility index (Phi) is 11.5. The normalized spacial score (nSPS) is 12.9. The van der Waals surface area contributed by atoms with Crippen molar-refractivity contribution in [3.63, 3.8) is 0 Å². The van der Waals surface area contributed by atoms with E-state index in [-0.39, 0.29) is 29.7 Å². The van der Waals surface area contributed by atoms with Crippen molar-refractivity contribution < 1.29 is 22.4 Å². The number of amides is 1. The maximum absolute atomic E-state index is 14.9. The topological polar surface area (TPSA) is 132 Å². The SMILES string of the molecule is CC(C)(CCC(C)(C)[Si](C)(C)O)NC(=O)c1cn(C(c2ccccc2)(c2ccccc2)c2ccccc2)c2ncc(-c3nn(CCCS(C)(=O)=O)c4cc(F)ccc34)nc12. The van der Waals surface area contributed by atoms with Crippen LogP contribution in [0.15, 0.2) is 122 Å². The number of rotatable bonds is 15. The van der Waals surface area contributed by atoms with Crippen molar-refractivity contribution >= 4 is 46.1 Å². The van der Waals surface area contributed by atoms with E-state index < -0.39 is 35.0 Å². The van der Waals surface area contributed by atoms with Gasteiger partial charge >= 0.3 is 0 Å². The van der Waals surface area contributed by atoms with Crippen molar-refractivity contribution in [2.75, 3.05) is 12.0 Å². The summed E-state index contributed by atoms with van der Waals surface area (Å²) in [5.41, 5.74) is 3.54. The van der Waals surface area contributed by atoms with Crippen LogP contribution in [0.25, 0.3) is 33.5 Å². The van der Waals surface area contributed by atoms with E-state index in [1.165, 1.54) is 18.4 Å². The third-order valence-corrected chi connectivity index (χ3v) is 16.6. The first-order valence-corrected chi connectivity index (χ1v) is 25.3. The zero-order valence-electron chi connectivity index (χ0n) is 35.3. The van der Waals surface area contributed by atoms with E-state index in [1.807, 2.05) is 92.3 Å². The van der Waals surface area contributed by atoms with Crippen LogP contribution in [-0.2, 0) is 21.9 Å². The van der Waals surface area contributed by atoms with E-state index in [2.05, 4.69) is 55.6 Å². The fourth-order valence-corrected chi connectivity index (χ4v) is 9.22. The molecular formula is C47H53FN6O4SSi. The molecule has 2 N–H and O–H groups in total. The predicted octanol–water partition coefficient (Wildman–Crippen LogP) is 9.13. The molecule has 7 aromatic rings. The van der Waals surface area contributed by atoms with Crippen molar-refractivity contribution in [3.05, 3.63) is 150 Å². The van der Waals surface area contributed by atoms with E-state index in [9.17, 15) is 22.4 Å². The molecule has 0 bridgehead atoms. The molecule has 0 unspecified atom stereocenters. The van der Waals surface area contributed by atoms with Crippen molar-refractivity contribution in [2.24, 2.45) is 0 Å². The molecule has 0 saturated heterocycles. The van der Waals surface area contributed by atoms with Gasteiger partial charge in [0.1, 0.15) is 38.1 Å². The molecule has 60 heavy (non-hydrogen) atoms. The molecule has 13 heteroatoms. The van der Waals surface area contributed by atoms with Crippen LogP contribution >= 0.6 is 0 Å². The lowest BCUT2D eigenvalue weighted by Gasteiger charge is -2.38. The molecule has 1 amide bonds. The Morgan fingerprint density at radius 2 is 1.42 bits per heavy atom. The lowest BCUT2D eigenvalue weighted by Crippen LogP contribution is -2.46. The van der Waals surface area contributed by atoms with Gasteiger partial charge in [0.2, 0.25) is 0 Å². The van der Waals surface area contributed by atoms with Crippen LogP contribution in [0.5, 0.6) is 0 Å². The standard InChI is InChI=1S/C47H53FN6O4SSi/c1-45(2,26-27-46(3,4)60(6,7)58)51-44(55)38-32-53(47(33-18-11-8-12-19-33,34-20-13-9-14-21-34)35-22-15-10-16-23-35)43-42(38)50-39(31-49-43)41-37-25-24-36(48)30-40(37)54(52-41)28-17-29-59(5,56)57/h8-16,18-25,30-32,58H,17,26-29H2,1-7H3,(H,51,55). The first kappa shape index (κ1) is 42.6. The average Bonchev–Trinajstić information content (AvgIpc) is 3.76. The van der Waals surface area contributed by atoms with Crippen LogP contribution in [0.4, 0.5) is 4.39 Å². The van der Waals surface area contributed by atoms with Crippen LogP contribution in [0.2, 0.25) is 18.1 Å². The fraction of sp³-hybridized carbons (Fsp3) is 0.319. The molecule has 0 aliphatic carbocycles. The lowest BCUT2D eigenvalue weighted by atomic mass is 9.76. The largest absolute Gasteiger partial charge is 0.432 e. The first-order chi connectivity index (χ1) is 28.3. The minimum absolute atomic E-state index is 0.0453. The van der Waals surface area contributed by atoms with Crippen molar-refractivity contribution in [2.45, 2.75) is 82.7 Å². The Bertz CT molecular complexity index is 2670. The fourth-order valence-electron chi connectivity index (χ4n) is 7.83. The molecule has 0 atom stereocenters. The minimum atomic E-state index is -3.23. The molecule has 0 aliphatic rings. The van der Waals surface area contributed by atoms with E-state index in [4.69, 9.17) is 15.1 Å². The van der Waals surface area contributed by atoms with Crippen LogP contribution in [-0.4, -0.2) is 69.3 Å². The van der Waals surface area contributed by atoms with Gasteiger partial charge in [0.05, 0.1) is 23.0 Å². The Hall–Kier alpha value is -5.50. The van der Waals surface area contributed by atoms with Gasteiger partial charge in [-0.15, -0.1) is 0 Å². The lowest BCUT2D eigenvalue weighted by molar-refractivity contribution is 0.0907. The van der Waals surface area contributed by atoms with Crippen LogP contribution in [0, 0.1) is 5.82 Å². The van der Waals surface area contributed by atoms with Crippen molar-refractivity contribution in [1.29, 1.82) is 0 Å². The second-order valence-corrected chi connectivity index (χ2v) is 24.4. The molecule has 312 valence electrons.